The van der Waals surface area contributed by atoms with E-state index in [1.54, 1.807) is 42.7 Å². The second-order valence-corrected chi connectivity index (χ2v) is 11.4. The fourth-order valence-electron chi connectivity index (χ4n) is 5.76. The smallest absolute Gasteiger partial charge is 0.275 e. The molecule has 1 amide bonds. The van der Waals surface area contributed by atoms with E-state index in [1.807, 2.05) is 13.1 Å². The number of rotatable bonds is 4. The second-order valence-electron chi connectivity index (χ2n) is 11.0. The van der Waals surface area contributed by atoms with Gasteiger partial charge in [-0.15, -0.1) is 0 Å². The molecule has 1 aromatic heterocycles. The van der Waals surface area contributed by atoms with Crippen LogP contribution in [0, 0.1) is 11.8 Å². The molecule has 2 aliphatic heterocycles. The van der Waals surface area contributed by atoms with E-state index in [4.69, 9.17) is 16.3 Å². The van der Waals surface area contributed by atoms with Gasteiger partial charge in [-0.05, 0) is 49.0 Å². The number of fused-ring (bicyclic) bond motifs is 1. The average Bonchev–Trinajstić information content (AvgIpc) is 3.27. The number of halogens is 3. The van der Waals surface area contributed by atoms with Gasteiger partial charge in [-0.1, -0.05) is 29.5 Å². The van der Waals surface area contributed by atoms with Gasteiger partial charge in [0.1, 0.15) is 0 Å². The van der Waals surface area contributed by atoms with E-state index in [0.717, 1.165) is 50.5 Å². The van der Waals surface area contributed by atoms with Crippen LogP contribution in [-0.4, -0.2) is 80.2 Å². The predicted octanol–water partition coefficient (Wildman–Crippen LogP) is 5.01. The maximum atomic E-state index is 15.1. The number of hydrogen-bond donors (Lipinski definition) is 1. The quantitative estimate of drug-likeness (QED) is 0.431. The van der Waals surface area contributed by atoms with Crippen LogP contribution in [0.2, 0.25) is 5.02 Å². The molecule has 1 N–H and O–H groups in total. The Morgan fingerprint density at radius 2 is 1.81 bits per heavy atom. The standard InChI is InChI=1S/C32H32ClF2N5O2/c1-38-8-10-40(11-9-38)30-19-32(34,35)28-18-25(5-6-27(28)30)37-31(41)24-4-7-29(33)23(17-24)3-2-22-16-26(21-36-20-22)39-12-14-42-15-13-39/h4-7,16-18,20-21,30H,8-15,19H2,1H3,(H,37,41). The summed E-state index contributed by atoms with van der Waals surface area (Å²) in [6, 6.07) is 11.3. The molecule has 0 radical (unpaired) electrons. The van der Waals surface area contributed by atoms with Crippen LogP contribution < -0.4 is 10.2 Å². The molecule has 1 atom stereocenters. The summed E-state index contributed by atoms with van der Waals surface area (Å²) < 4.78 is 35.7. The van der Waals surface area contributed by atoms with E-state index in [2.05, 4.69) is 36.8 Å². The second kappa shape index (κ2) is 12.0. The van der Waals surface area contributed by atoms with Crippen molar-refractivity contribution in [3.8, 4) is 11.8 Å². The zero-order chi connectivity index (χ0) is 29.3. The Morgan fingerprint density at radius 1 is 1.02 bits per heavy atom. The van der Waals surface area contributed by atoms with Crippen LogP contribution in [0.15, 0.2) is 54.9 Å². The number of aromatic nitrogens is 1. The van der Waals surface area contributed by atoms with E-state index >= 15 is 8.78 Å². The van der Waals surface area contributed by atoms with Gasteiger partial charge in [0.25, 0.3) is 11.8 Å². The van der Waals surface area contributed by atoms with Gasteiger partial charge < -0.3 is 19.9 Å². The van der Waals surface area contributed by atoms with Gasteiger partial charge in [0, 0.05) is 85.9 Å². The maximum Gasteiger partial charge on any atom is 0.275 e. The molecule has 0 saturated carbocycles. The first kappa shape index (κ1) is 28.6. The van der Waals surface area contributed by atoms with Crippen molar-refractivity contribution in [3.63, 3.8) is 0 Å². The van der Waals surface area contributed by atoms with Gasteiger partial charge >= 0.3 is 0 Å². The van der Waals surface area contributed by atoms with Crippen molar-refractivity contribution in [3.05, 3.63) is 87.7 Å². The van der Waals surface area contributed by atoms with Crippen LogP contribution in [-0.2, 0) is 10.7 Å². The van der Waals surface area contributed by atoms with Crippen molar-refractivity contribution >= 4 is 28.9 Å². The zero-order valence-corrected chi connectivity index (χ0v) is 24.1. The lowest BCUT2D eigenvalue weighted by Crippen LogP contribution is -2.45. The Labute approximate surface area is 249 Å². The first-order valence-corrected chi connectivity index (χ1v) is 14.5. The summed E-state index contributed by atoms with van der Waals surface area (Å²) in [6.45, 7) is 6.16. The third-order valence-electron chi connectivity index (χ3n) is 8.16. The number of benzene rings is 2. The molecule has 2 saturated heterocycles. The van der Waals surface area contributed by atoms with Gasteiger partial charge in [0.05, 0.1) is 30.1 Å². The number of ether oxygens (including phenoxy) is 1. The molecule has 2 fully saturated rings. The van der Waals surface area contributed by atoms with Crippen LogP contribution in [0.1, 0.15) is 45.1 Å². The van der Waals surface area contributed by atoms with E-state index in [-0.39, 0.29) is 18.0 Å². The normalized spacial score (nSPS) is 20.5. The number of pyridine rings is 1. The van der Waals surface area contributed by atoms with E-state index in [9.17, 15) is 4.79 Å². The third kappa shape index (κ3) is 6.13. The van der Waals surface area contributed by atoms with Crippen LogP contribution in [0.25, 0.3) is 0 Å². The molecule has 0 spiro atoms. The summed E-state index contributed by atoms with van der Waals surface area (Å²) in [6.07, 6.45) is 3.24. The summed E-state index contributed by atoms with van der Waals surface area (Å²) in [5.74, 6) is 2.76. The topological polar surface area (TPSA) is 60.9 Å². The highest BCUT2D eigenvalue weighted by molar-refractivity contribution is 6.32. The van der Waals surface area contributed by atoms with E-state index < -0.39 is 11.8 Å². The fraction of sp³-hybridized carbons (Fsp3) is 0.375. The minimum Gasteiger partial charge on any atom is -0.378 e. The molecule has 218 valence electrons. The summed E-state index contributed by atoms with van der Waals surface area (Å²) in [5.41, 5.74) is 3.45. The molecule has 3 aliphatic rings. The number of piperazine rings is 1. The molecular formula is C32H32ClF2N5O2. The molecular weight excluding hydrogens is 560 g/mol. The van der Waals surface area contributed by atoms with Crippen LogP contribution in [0.4, 0.5) is 20.2 Å². The highest BCUT2D eigenvalue weighted by Crippen LogP contribution is 2.50. The largest absolute Gasteiger partial charge is 0.378 e. The molecule has 10 heteroatoms. The number of anilines is 2. The SMILES string of the molecule is CN1CCN(C2CC(F)(F)c3cc(NC(=O)c4ccc(Cl)c(C#Cc5cncc(N6CCOCC6)c5)c4)ccc32)CC1. The molecule has 3 heterocycles. The highest BCUT2D eigenvalue weighted by atomic mass is 35.5. The summed E-state index contributed by atoms with van der Waals surface area (Å²) in [7, 11) is 2.04. The van der Waals surface area contributed by atoms with E-state index in [1.165, 1.54) is 6.07 Å². The first-order chi connectivity index (χ1) is 20.3. The number of morpholine rings is 1. The van der Waals surface area contributed by atoms with Gasteiger partial charge in [-0.2, -0.15) is 0 Å². The molecule has 42 heavy (non-hydrogen) atoms. The van der Waals surface area contributed by atoms with Crippen LogP contribution in [0.5, 0.6) is 0 Å². The minimum absolute atomic E-state index is 0.0141. The van der Waals surface area contributed by atoms with Crippen LogP contribution >= 0.6 is 11.6 Å². The lowest BCUT2D eigenvalue weighted by molar-refractivity contribution is -0.0257. The van der Waals surface area contributed by atoms with Gasteiger partial charge in [-0.25, -0.2) is 8.78 Å². The summed E-state index contributed by atoms with van der Waals surface area (Å²) in [5, 5.41) is 3.19. The number of nitrogens with one attached hydrogen (secondary N) is 1. The summed E-state index contributed by atoms with van der Waals surface area (Å²) in [4.78, 5) is 24.0. The minimum atomic E-state index is -2.96. The molecule has 0 bridgehead atoms. The van der Waals surface area contributed by atoms with Crippen molar-refractivity contribution in [2.24, 2.45) is 0 Å². The Morgan fingerprint density at radius 3 is 2.60 bits per heavy atom. The molecule has 3 aromatic rings. The fourth-order valence-corrected chi connectivity index (χ4v) is 5.92. The van der Waals surface area contributed by atoms with Crippen molar-refractivity contribution in [1.29, 1.82) is 0 Å². The zero-order valence-electron chi connectivity index (χ0n) is 23.4. The Balaban J connectivity index is 1.18. The van der Waals surface area contributed by atoms with Crippen molar-refractivity contribution in [2.45, 2.75) is 18.4 Å². The number of amides is 1. The average molecular weight is 592 g/mol. The lowest BCUT2D eigenvalue weighted by Gasteiger charge is -2.36. The van der Waals surface area contributed by atoms with Gasteiger partial charge in [0.15, 0.2) is 0 Å². The summed E-state index contributed by atoms with van der Waals surface area (Å²) >= 11 is 6.40. The van der Waals surface area contributed by atoms with Gasteiger partial charge in [0.2, 0.25) is 0 Å². The molecule has 1 unspecified atom stereocenters. The predicted molar refractivity (Wildman–Crippen MR) is 159 cm³/mol. The maximum absolute atomic E-state index is 15.1. The molecule has 2 aromatic carbocycles. The Bertz CT molecular complexity index is 1540. The number of hydrogen-bond acceptors (Lipinski definition) is 6. The molecule has 6 rings (SSSR count). The van der Waals surface area contributed by atoms with Crippen molar-refractivity contribution < 1.29 is 18.3 Å². The number of likely N-dealkylation sites (N-methyl/N-ethyl adjacent to an activating group) is 1. The Hall–Kier alpha value is -3.55. The Kier molecular flexibility index (Phi) is 8.15. The van der Waals surface area contributed by atoms with Gasteiger partial charge in [-0.3, -0.25) is 14.7 Å². The van der Waals surface area contributed by atoms with E-state index in [0.29, 0.717) is 40.6 Å². The van der Waals surface area contributed by atoms with Crippen LogP contribution in [0.3, 0.4) is 0 Å². The highest BCUT2D eigenvalue weighted by Gasteiger charge is 2.47. The molecule has 7 nitrogen and oxygen atoms in total. The first-order valence-electron chi connectivity index (χ1n) is 14.1. The molecule has 1 aliphatic carbocycles. The number of carbonyl (C=O) groups is 1. The number of nitrogens with zero attached hydrogens (tertiary/aromatic N) is 4. The number of alkyl halides is 2. The number of carbonyl (C=O) groups excluding carboxylic acids is 1. The lowest BCUT2D eigenvalue weighted by atomic mass is 10.0. The van der Waals surface area contributed by atoms with Crippen molar-refractivity contribution in [2.75, 3.05) is 69.7 Å². The third-order valence-corrected chi connectivity index (χ3v) is 8.49. The van der Waals surface area contributed by atoms with Crippen molar-refractivity contribution in [1.82, 2.24) is 14.8 Å². The monoisotopic (exact) mass is 591 g/mol.